The first-order valence-electron chi connectivity index (χ1n) is 5.99. The van der Waals surface area contributed by atoms with Crippen LogP contribution < -0.4 is 5.32 Å². The van der Waals surface area contributed by atoms with Crippen molar-refractivity contribution in [1.82, 2.24) is 19.7 Å². The maximum absolute atomic E-state index is 4.54. The summed E-state index contributed by atoms with van der Waals surface area (Å²) in [5.74, 6) is 2.18. The molecule has 0 bridgehead atoms. The molecule has 3 aromatic rings. The van der Waals surface area contributed by atoms with Crippen LogP contribution in [0.3, 0.4) is 0 Å². The highest BCUT2D eigenvalue weighted by molar-refractivity contribution is 5.58. The molecule has 0 atom stereocenters. The lowest BCUT2D eigenvalue weighted by Crippen LogP contribution is -2.04. The molecule has 0 aliphatic carbocycles. The molecule has 19 heavy (non-hydrogen) atoms. The number of nitrogens with zero attached hydrogens (tertiary/aromatic N) is 4. The second kappa shape index (κ2) is 4.89. The summed E-state index contributed by atoms with van der Waals surface area (Å²) < 4.78 is 1.72. The van der Waals surface area contributed by atoms with E-state index in [1.165, 1.54) is 0 Å². The number of rotatable bonds is 3. The van der Waals surface area contributed by atoms with E-state index in [9.17, 15) is 0 Å². The smallest absolute Gasteiger partial charge is 0.163 e. The van der Waals surface area contributed by atoms with Crippen LogP contribution in [0.4, 0.5) is 5.82 Å². The van der Waals surface area contributed by atoms with Gasteiger partial charge >= 0.3 is 0 Å². The second-order valence-electron chi connectivity index (χ2n) is 4.00. The van der Waals surface area contributed by atoms with Crippen molar-refractivity contribution in [2.75, 3.05) is 12.4 Å². The van der Waals surface area contributed by atoms with E-state index in [0.29, 0.717) is 5.82 Å². The van der Waals surface area contributed by atoms with Crippen LogP contribution in [0.25, 0.3) is 17.2 Å². The van der Waals surface area contributed by atoms with Gasteiger partial charge in [-0.3, -0.25) is 0 Å². The van der Waals surface area contributed by atoms with Gasteiger partial charge < -0.3 is 5.32 Å². The molecule has 0 aliphatic heterocycles. The molecule has 2 heterocycles. The van der Waals surface area contributed by atoms with Crippen LogP contribution in [0.5, 0.6) is 0 Å². The molecule has 94 valence electrons. The molecule has 1 N–H and O–H groups in total. The van der Waals surface area contributed by atoms with Crippen LogP contribution in [0.1, 0.15) is 0 Å². The zero-order chi connectivity index (χ0) is 13.1. The molecule has 0 saturated heterocycles. The van der Waals surface area contributed by atoms with Gasteiger partial charge in [0.1, 0.15) is 5.82 Å². The van der Waals surface area contributed by atoms with Crippen molar-refractivity contribution in [2.45, 2.75) is 0 Å². The maximum atomic E-state index is 4.54. The summed E-state index contributed by atoms with van der Waals surface area (Å²) in [7, 11) is 1.84. The first-order valence-corrected chi connectivity index (χ1v) is 5.99. The SMILES string of the molecule is CNc1cc(-n2cccn2)nc(-c2ccccc2)n1. The minimum atomic E-state index is 0.679. The minimum Gasteiger partial charge on any atom is -0.373 e. The normalized spacial score (nSPS) is 10.4. The average molecular weight is 251 g/mol. The molecule has 0 unspecified atom stereocenters. The predicted octanol–water partition coefficient (Wildman–Crippen LogP) is 2.37. The lowest BCUT2D eigenvalue weighted by atomic mass is 10.2. The van der Waals surface area contributed by atoms with E-state index in [1.54, 1.807) is 10.9 Å². The Balaban J connectivity index is 2.13. The van der Waals surface area contributed by atoms with Gasteiger partial charge in [-0.15, -0.1) is 0 Å². The highest BCUT2D eigenvalue weighted by Crippen LogP contribution is 2.18. The molecule has 3 rings (SSSR count). The summed E-state index contributed by atoms with van der Waals surface area (Å²) in [5, 5.41) is 7.24. The number of nitrogens with one attached hydrogen (secondary N) is 1. The van der Waals surface area contributed by atoms with Crippen LogP contribution in [-0.4, -0.2) is 26.8 Å². The van der Waals surface area contributed by atoms with Crippen molar-refractivity contribution in [3.8, 4) is 17.2 Å². The summed E-state index contributed by atoms with van der Waals surface area (Å²) >= 11 is 0. The Morgan fingerprint density at radius 2 is 1.89 bits per heavy atom. The van der Waals surface area contributed by atoms with Gasteiger partial charge in [0.05, 0.1) is 0 Å². The summed E-state index contributed by atoms with van der Waals surface area (Å²) in [6.45, 7) is 0. The number of hydrogen-bond acceptors (Lipinski definition) is 4. The van der Waals surface area contributed by atoms with E-state index >= 15 is 0 Å². The Morgan fingerprint density at radius 3 is 2.58 bits per heavy atom. The average Bonchev–Trinajstić information content (AvgIpc) is 3.02. The number of aromatic nitrogens is 4. The van der Waals surface area contributed by atoms with Crippen molar-refractivity contribution in [2.24, 2.45) is 0 Å². The van der Waals surface area contributed by atoms with Crippen molar-refractivity contribution < 1.29 is 0 Å². The number of benzene rings is 1. The van der Waals surface area contributed by atoms with Crippen LogP contribution >= 0.6 is 0 Å². The molecule has 0 spiro atoms. The third-order valence-corrected chi connectivity index (χ3v) is 2.74. The molecule has 0 radical (unpaired) electrons. The molecule has 0 aliphatic rings. The topological polar surface area (TPSA) is 55.6 Å². The fourth-order valence-electron chi connectivity index (χ4n) is 1.80. The van der Waals surface area contributed by atoms with Gasteiger partial charge in [-0.05, 0) is 6.07 Å². The Morgan fingerprint density at radius 1 is 1.05 bits per heavy atom. The van der Waals surface area contributed by atoms with E-state index in [4.69, 9.17) is 0 Å². The van der Waals surface area contributed by atoms with E-state index in [2.05, 4.69) is 20.4 Å². The van der Waals surface area contributed by atoms with E-state index in [0.717, 1.165) is 17.2 Å². The van der Waals surface area contributed by atoms with E-state index < -0.39 is 0 Å². The second-order valence-corrected chi connectivity index (χ2v) is 4.00. The highest BCUT2D eigenvalue weighted by Gasteiger charge is 2.07. The van der Waals surface area contributed by atoms with Gasteiger partial charge in [-0.1, -0.05) is 30.3 Å². The van der Waals surface area contributed by atoms with Crippen molar-refractivity contribution in [3.63, 3.8) is 0 Å². The Hall–Kier alpha value is -2.69. The summed E-state index contributed by atoms with van der Waals surface area (Å²) in [5.41, 5.74) is 0.980. The fourth-order valence-corrected chi connectivity index (χ4v) is 1.80. The van der Waals surface area contributed by atoms with Gasteiger partial charge in [0.25, 0.3) is 0 Å². The zero-order valence-electron chi connectivity index (χ0n) is 10.5. The molecular formula is C14H13N5. The van der Waals surface area contributed by atoms with Crippen LogP contribution in [0.2, 0.25) is 0 Å². The molecular weight excluding hydrogens is 238 g/mol. The first kappa shape index (κ1) is 11.4. The highest BCUT2D eigenvalue weighted by atomic mass is 15.3. The van der Waals surface area contributed by atoms with Gasteiger partial charge in [0, 0.05) is 31.1 Å². The third kappa shape index (κ3) is 2.30. The molecule has 0 amide bonds. The summed E-state index contributed by atoms with van der Waals surface area (Å²) in [6, 6.07) is 13.6. The monoisotopic (exact) mass is 251 g/mol. The number of hydrogen-bond donors (Lipinski definition) is 1. The molecule has 5 heteroatoms. The van der Waals surface area contributed by atoms with Gasteiger partial charge in [0.2, 0.25) is 0 Å². The van der Waals surface area contributed by atoms with Gasteiger partial charge in [0.15, 0.2) is 11.6 Å². The predicted molar refractivity (Wildman–Crippen MR) is 74.1 cm³/mol. The fraction of sp³-hybridized carbons (Fsp3) is 0.0714. The lowest BCUT2D eigenvalue weighted by Gasteiger charge is -2.07. The summed E-state index contributed by atoms with van der Waals surface area (Å²) in [4.78, 5) is 9.01. The standard InChI is InChI=1S/C14H13N5/c1-15-12-10-13(19-9-5-8-16-19)18-14(17-12)11-6-3-2-4-7-11/h2-10H,1H3,(H,15,17,18). The molecule has 2 aromatic heterocycles. The van der Waals surface area contributed by atoms with E-state index in [-0.39, 0.29) is 0 Å². The molecule has 5 nitrogen and oxygen atoms in total. The van der Waals surface area contributed by atoms with Crippen LogP contribution in [0.15, 0.2) is 54.9 Å². The molecule has 1 aromatic carbocycles. The summed E-state index contributed by atoms with van der Waals surface area (Å²) in [6.07, 6.45) is 3.58. The van der Waals surface area contributed by atoms with Crippen LogP contribution in [-0.2, 0) is 0 Å². The van der Waals surface area contributed by atoms with Gasteiger partial charge in [-0.25, -0.2) is 14.6 Å². The third-order valence-electron chi connectivity index (χ3n) is 2.74. The Labute approximate surface area is 111 Å². The Kier molecular flexibility index (Phi) is 2.94. The largest absolute Gasteiger partial charge is 0.373 e. The van der Waals surface area contributed by atoms with Crippen molar-refractivity contribution >= 4 is 5.82 Å². The van der Waals surface area contributed by atoms with E-state index in [1.807, 2.05) is 55.7 Å². The van der Waals surface area contributed by atoms with Crippen molar-refractivity contribution in [3.05, 3.63) is 54.9 Å². The Bertz CT molecular complexity index is 662. The number of anilines is 1. The zero-order valence-corrected chi connectivity index (χ0v) is 10.5. The lowest BCUT2D eigenvalue weighted by molar-refractivity contribution is 0.842. The van der Waals surface area contributed by atoms with Crippen molar-refractivity contribution in [1.29, 1.82) is 0 Å². The molecule has 0 fully saturated rings. The quantitative estimate of drug-likeness (QED) is 0.776. The molecule has 0 saturated carbocycles. The maximum Gasteiger partial charge on any atom is 0.163 e. The first-order chi connectivity index (χ1) is 9.36. The minimum absolute atomic E-state index is 0.679. The van der Waals surface area contributed by atoms with Gasteiger partial charge in [-0.2, -0.15) is 5.10 Å². The van der Waals surface area contributed by atoms with Crippen LogP contribution in [0, 0.1) is 0 Å².